The van der Waals surface area contributed by atoms with Crippen molar-refractivity contribution in [3.8, 4) is 0 Å². The van der Waals surface area contributed by atoms with E-state index in [1.807, 2.05) is 0 Å². The lowest BCUT2D eigenvalue weighted by Crippen LogP contribution is -2.50. The van der Waals surface area contributed by atoms with Crippen LogP contribution in [0.15, 0.2) is 26.3 Å². The fourth-order valence-corrected chi connectivity index (χ4v) is 2.23. The normalized spacial score (nSPS) is 11.8. The predicted molar refractivity (Wildman–Crippen MR) is 107 cm³/mol. The summed E-state index contributed by atoms with van der Waals surface area (Å²) < 4.78 is 0. The summed E-state index contributed by atoms with van der Waals surface area (Å²) in [6.07, 6.45) is 1.24. The zero-order chi connectivity index (χ0) is 19.4. The summed E-state index contributed by atoms with van der Waals surface area (Å²) in [6, 6.07) is 0. The Labute approximate surface area is 142 Å². The molecule has 0 radical (unpaired) electrons. The van der Waals surface area contributed by atoms with Gasteiger partial charge in [0.1, 0.15) is 0 Å². The van der Waals surface area contributed by atoms with Gasteiger partial charge in [0.2, 0.25) is 0 Å². The maximum atomic E-state index is 4.62. The van der Waals surface area contributed by atoms with Gasteiger partial charge in [-0.2, -0.15) is 0 Å². The van der Waals surface area contributed by atoms with E-state index in [0.717, 1.165) is 0 Å². The Balaban J connectivity index is -0.000000198. The minimum absolute atomic E-state index is 0.250. The van der Waals surface area contributed by atoms with Gasteiger partial charge in [0, 0.05) is 6.67 Å². The van der Waals surface area contributed by atoms with E-state index >= 15 is 0 Å². The molecule has 2 heteroatoms. The predicted octanol–water partition coefficient (Wildman–Crippen LogP) is 5.99. The molecule has 2 nitrogen and oxygen atoms in total. The van der Waals surface area contributed by atoms with Gasteiger partial charge >= 0.3 is 0 Å². The van der Waals surface area contributed by atoms with Crippen LogP contribution < -0.4 is 11.5 Å². The molecule has 0 atom stereocenters. The lowest BCUT2D eigenvalue weighted by molar-refractivity contribution is -0.0882. The summed E-state index contributed by atoms with van der Waals surface area (Å²) >= 11 is 0. The summed E-state index contributed by atoms with van der Waals surface area (Å²) in [5.74, 6) is 0. The van der Waals surface area contributed by atoms with Gasteiger partial charge < -0.3 is 11.5 Å². The third-order valence-electron chi connectivity index (χ3n) is 6.01. The van der Waals surface area contributed by atoms with Gasteiger partial charge in [-0.15, -0.1) is 26.3 Å². The molecule has 0 bridgehead atoms. The van der Waals surface area contributed by atoms with E-state index < -0.39 is 0 Å². The third-order valence-corrected chi connectivity index (χ3v) is 6.01. The highest BCUT2D eigenvalue weighted by Crippen LogP contribution is 2.59. The number of hydrogen-bond acceptors (Lipinski definition) is 2. The molecule has 0 rings (SSSR count). The smallest absolute Gasteiger partial charge is 0.0403 e. The molecule has 0 saturated carbocycles. The molecule has 0 fully saturated rings. The molecule has 0 spiro atoms. The Morgan fingerprint density at radius 3 is 1.00 bits per heavy atom. The first-order valence-electron chi connectivity index (χ1n) is 8.13. The van der Waals surface area contributed by atoms with Gasteiger partial charge in [0.25, 0.3) is 0 Å². The van der Waals surface area contributed by atoms with E-state index in [4.69, 9.17) is 0 Å². The summed E-state index contributed by atoms with van der Waals surface area (Å²) in [6.45, 7) is 36.2. The Morgan fingerprint density at radius 1 is 0.636 bits per heavy atom. The standard InChI is InChI=1S/C15H32.2C2H4.CH6N2/c1-11-13(5,6)15(9,10)14(7,8)12(2,3)4;2*1-2;2-1-3/h11H2,1-10H3;2*1-2H2;1-3H2. The van der Waals surface area contributed by atoms with Crippen molar-refractivity contribution in [2.45, 2.75) is 75.7 Å². The van der Waals surface area contributed by atoms with Crippen molar-refractivity contribution in [1.82, 2.24) is 0 Å². The minimum Gasteiger partial charge on any atom is -0.319 e. The Bertz CT molecular complexity index is 255. The molecule has 0 heterocycles. The van der Waals surface area contributed by atoms with Crippen LogP contribution >= 0.6 is 0 Å². The van der Waals surface area contributed by atoms with Crippen molar-refractivity contribution in [1.29, 1.82) is 0 Å². The van der Waals surface area contributed by atoms with Gasteiger partial charge in [-0.05, 0) is 21.7 Å². The number of hydrogen-bond donors (Lipinski definition) is 2. The van der Waals surface area contributed by atoms with E-state index in [-0.39, 0.29) is 6.67 Å². The van der Waals surface area contributed by atoms with Crippen molar-refractivity contribution in [2.75, 3.05) is 6.67 Å². The lowest BCUT2D eigenvalue weighted by atomic mass is 9.47. The molecular formula is C20H46N2. The largest absolute Gasteiger partial charge is 0.319 e. The summed E-state index contributed by atoms with van der Waals surface area (Å²) in [7, 11) is 0. The molecule has 0 aromatic rings. The highest BCUT2D eigenvalue weighted by Gasteiger charge is 2.51. The van der Waals surface area contributed by atoms with E-state index in [0.29, 0.717) is 21.7 Å². The van der Waals surface area contributed by atoms with Crippen LogP contribution in [-0.2, 0) is 0 Å². The van der Waals surface area contributed by atoms with E-state index in [1.54, 1.807) is 0 Å². The van der Waals surface area contributed by atoms with Crippen LogP contribution in [0, 0.1) is 21.7 Å². The summed E-state index contributed by atoms with van der Waals surface area (Å²) in [5.41, 5.74) is 10.6. The third kappa shape index (κ3) is 7.60. The monoisotopic (exact) mass is 314 g/mol. The quantitative estimate of drug-likeness (QED) is 0.497. The van der Waals surface area contributed by atoms with Gasteiger partial charge in [-0.1, -0.05) is 75.7 Å². The molecule has 4 N–H and O–H groups in total. The molecule has 136 valence electrons. The summed E-state index contributed by atoms with van der Waals surface area (Å²) in [4.78, 5) is 0. The maximum absolute atomic E-state index is 4.62. The number of rotatable bonds is 3. The minimum atomic E-state index is 0.250. The summed E-state index contributed by atoms with van der Waals surface area (Å²) in [5, 5.41) is 0. The fraction of sp³-hybridized carbons (Fsp3) is 0.800. The molecule has 0 aliphatic rings. The molecule has 22 heavy (non-hydrogen) atoms. The van der Waals surface area contributed by atoms with Crippen molar-refractivity contribution >= 4 is 0 Å². The molecular weight excluding hydrogens is 268 g/mol. The van der Waals surface area contributed by atoms with Crippen LogP contribution in [0.2, 0.25) is 0 Å². The van der Waals surface area contributed by atoms with Crippen LogP contribution in [0.1, 0.15) is 75.7 Å². The van der Waals surface area contributed by atoms with Gasteiger partial charge in [-0.3, -0.25) is 0 Å². The zero-order valence-electron chi connectivity index (χ0n) is 17.4. The van der Waals surface area contributed by atoms with Crippen LogP contribution in [-0.4, -0.2) is 6.67 Å². The zero-order valence-corrected chi connectivity index (χ0v) is 17.4. The van der Waals surface area contributed by atoms with Gasteiger partial charge in [0.05, 0.1) is 0 Å². The van der Waals surface area contributed by atoms with Crippen molar-refractivity contribution < 1.29 is 0 Å². The topological polar surface area (TPSA) is 52.0 Å². The van der Waals surface area contributed by atoms with Crippen LogP contribution in [0.4, 0.5) is 0 Å². The van der Waals surface area contributed by atoms with Crippen LogP contribution in [0.3, 0.4) is 0 Å². The first-order chi connectivity index (χ1) is 9.72. The van der Waals surface area contributed by atoms with E-state index in [2.05, 4.69) is 107 Å². The maximum Gasteiger partial charge on any atom is 0.0403 e. The molecule has 0 aliphatic heterocycles. The second-order valence-electron chi connectivity index (χ2n) is 7.97. The van der Waals surface area contributed by atoms with Gasteiger partial charge in [-0.25, -0.2) is 0 Å². The second-order valence-corrected chi connectivity index (χ2v) is 7.97. The molecule has 0 aromatic carbocycles. The first kappa shape index (κ1) is 29.4. The second kappa shape index (κ2) is 11.9. The SMILES string of the molecule is C=C.C=C.CCC(C)(C)C(C)(C)C(C)(C)C(C)(C)C.NCN. The average Bonchev–Trinajstić information content (AvgIpc) is 2.42. The first-order valence-corrected chi connectivity index (χ1v) is 8.13. The van der Waals surface area contributed by atoms with Crippen molar-refractivity contribution in [2.24, 2.45) is 33.1 Å². The lowest BCUT2D eigenvalue weighted by Gasteiger charge is -2.58. The molecule has 0 saturated heterocycles. The molecule has 0 amide bonds. The van der Waals surface area contributed by atoms with Crippen molar-refractivity contribution in [3.05, 3.63) is 26.3 Å². The number of nitrogens with two attached hydrogens (primary N) is 2. The molecule has 0 unspecified atom stereocenters. The van der Waals surface area contributed by atoms with E-state index in [1.165, 1.54) is 6.42 Å². The fourth-order valence-electron chi connectivity index (χ4n) is 2.23. The highest BCUT2D eigenvalue weighted by molar-refractivity contribution is 5.00. The van der Waals surface area contributed by atoms with E-state index in [9.17, 15) is 0 Å². The molecule has 0 aromatic heterocycles. The Kier molecular flexibility index (Phi) is 15.9. The highest BCUT2D eigenvalue weighted by atomic mass is 14.7. The molecule has 0 aliphatic carbocycles. The Hall–Kier alpha value is -0.600. The Morgan fingerprint density at radius 2 is 0.864 bits per heavy atom. The van der Waals surface area contributed by atoms with Crippen LogP contribution in [0.5, 0.6) is 0 Å². The van der Waals surface area contributed by atoms with Crippen LogP contribution in [0.25, 0.3) is 0 Å². The average molecular weight is 315 g/mol. The van der Waals surface area contributed by atoms with Gasteiger partial charge in [0.15, 0.2) is 0 Å². The van der Waals surface area contributed by atoms with Crippen molar-refractivity contribution in [3.63, 3.8) is 0 Å².